The lowest BCUT2D eigenvalue weighted by Crippen LogP contribution is -2.28. The minimum Gasteiger partial charge on any atom is -0.339 e. The smallest absolute Gasteiger partial charge is 0.261 e. The van der Waals surface area contributed by atoms with Gasteiger partial charge in [0, 0.05) is 22.6 Å². The maximum Gasteiger partial charge on any atom is 0.261 e. The maximum absolute atomic E-state index is 12.7. The third-order valence-corrected chi connectivity index (χ3v) is 6.12. The maximum atomic E-state index is 12.7. The Labute approximate surface area is 160 Å². The molecule has 0 saturated carbocycles. The first-order valence-electron chi connectivity index (χ1n) is 7.74. The highest BCUT2D eigenvalue weighted by Crippen LogP contribution is 2.27. The van der Waals surface area contributed by atoms with Gasteiger partial charge in [-0.25, -0.2) is 8.42 Å². The molecule has 0 aliphatic carbocycles. The summed E-state index contributed by atoms with van der Waals surface area (Å²) in [5.74, 6) is -0.192. The number of hydrogen-bond donors (Lipinski definition) is 1. The number of carbonyl (C=O) groups is 1. The van der Waals surface area contributed by atoms with Gasteiger partial charge in [-0.05, 0) is 55.3 Å². The summed E-state index contributed by atoms with van der Waals surface area (Å²) in [5.41, 5.74) is 0.485. The van der Waals surface area contributed by atoms with E-state index in [0.717, 1.165) is 17.3 Å². The van der Waals surface area contributed by atoms with E-state index in [1.807, 2.05) is 0 Å². The third-order valence-electron chi connectivity index (χ3n) is 3.97. The predicted octanol–water partition coefficient (Wildman–Crippen LogP) is 4.14. The van der Waals surface area contributed by atoms with Crippen molar-refractivity contribution in [2.45, 2.75) is 17.7 Å². The molecule has 0 unspecified atom stereocenters. The lowest BCUT2D eigenvalue weighted by Gasteiger charge is -2.18. The first kappa shape index (κ1) is 18.2. The molecule has 0 aromatic heterocycles. The fourth-order valence-corrected chi connectivity index (χ4v) is 4.20. The number of benzene rings is 2. The second-order valence-corrected chi connectivity index (χ2v) is 8.78. The molecule has 3 rings (SSSR count). The summed E-state index contributed by atoms with van der Waals surface area (Å²) in [7, 11) is -3.83. The Morgan fingerprint density at radius 3 is 2.36 bits per heavy atom. The quantitative estimate of drug-likeness (QED) is 0.772. The van der Waals surface area contributed by atoms with Gasteiger partial charge in [0.1, 0.15) is 0 Å². The van der Waals surface area contributed by atoms with E-state index in [1.165, 1.54) is 18.2 Å². The topological polar surface area (TPSA) is 66.5 Å². The molecule has 2 aromatic carbocycles. The van der Waals surface area contributed by atoms with Gasteiger partial charge >= 0.3 is 0 Å². The number of sulfonamides is 1. The fraction of sp³-hybridized carbons (Fsp3) is 0.235. The number of halogens is 2. The standard InChI is InChI=1S/C17H16BrClN2O3S/c18-12-3-6-14(7-4-12)25(23,24)20-16-11-13(19)5-8-15(16)17(22)21-9-1-2-10-21/h3-8,11,20H,1-2,9-10H2. The molecule has 1 fully saturated rings. The van der Waals surface area contributed by atoms with Crippen LogP contribution in [0.25, 0.3) is 0 Å². The average molecular weight is 444 g/mol. The van der Waals surface area contributed by atoms with E-state index in [-0.39, 0.29) is 16.5 Å². The van der Waals surface area contributed by atoms with Gasteiger partial charge in [0.05, 0.1) is 16.1 Å². The van der Waals surface area contributed by atoms with E-state index >= 15 is 0 Å². The predicted molar refractivity (Wildman–Crippen MR) is 102 cm³/mol. The highest BCUT2D eigenvalue weighted by molar-refractivity contribution is 9.10. The van der Waals surface area contributed by atoms with Crippen molar-refractivity contribution in [2.75, 3.05) is 17.8 Å². The Hall–Kier alpha value is -1.57. The first-order valence-corrected chi connectivity index (χ1v) is 10.4. The Bertz CT molecular complexity index is 895. The van der Waals surface area contributed by atoms with Crippen LogP contribution in [-0.4, -0.2) is 32.3 Å². The van der Waals surface area contributed by atoms with Crippen molar-refractivity contribution in [1.82, 2.24) is 4.90 Å². The summed E-state index contributed by atoms with van der Waals surface area (Å²) in [5, 5.41) is 0.353. The highest BCUT2D eigenvalue weighted by Gasteiger charge is 2.24. The Kier molecular flexibility index (Phi) is 5.36. The van der Waals surface area contributed by atoms with E-state index in [9.17, 15) is 13.2 Å². The van der Waals surface area contributed by atoms with Gasteiger partial charge in [-0.2, -0.15) is 0 Å². The molecule has 8 heteroatoms. The van der Waals surface area contributed by atoms with Crippen LogP contribution in [0.5, 0.6) is 0 Å². The Balaban J connectivity index is 1.94. The SMILES string of the molecule is O=C(c1ccc(Cl)cc1NS(=O)(=O)c1ccc(Br)cc1)N1CCCC1. The van der Waals surface area contributed by atoms with Gasteiger partial charge in [-0.15, -0.1) is 0 Å². The zero-order valence-electron chi connectivity index (χ0n) is 13.2. The molecule has 5 nitrogen and oxygen atoms in total. The number of nitrogens with one attached hydrogen (secondary N) is 1. The first-order chi connectivity index (χ1) is 11.9. The summed E-state index contributed by atoms with van der Waals surface area (Å²) in [6.07, 6.45) is 1.92. The van der Waals surface area contributed by atoms with Crippen molar-refractivity contribution in [1.29, 1.82) is 0 Å². The molecule has 1 amide bonds. The highest BCUT2D eigenvalue weighted by atomic mass is 79.9. The van der Waals surface area contributed by atoms with Gasteiger partial charge in [-0.1, -0.05) is 27.5 Å². The van der Waals surface area contributed by atoms with E-state index in [0.29, 0.717) is 23.7 Å². The van der Waals surface area contributed by atoms with Gasteiger partial charge in [0.15, 0.2) is 0 Å². The van der Waals surface area contributed by atoms with Gasteiger partial charge in [0.2, 0.25) is 0 Å². The minimum absolute atomic E-state index is 0.107. The van der Waals surface area contributed by atoms with Gasteiger partial charge in [-0.3, -0.25) is 9.52 Å². The fourth-order valence-electron chi connectivity index (χ4n) is 2.70. The molecule has 0 atom stereocenters. The summed E-state index contributed by atoms with van der Waals surface area (Å²) in [4.78, 5) is 14.5. The molecule has 132 valence electrons. The summed E-state index contributed by atoms with van der Waals surface area (Å²) in [6.45, 7) is 1.36. The number of rotatable bonds is 4. The molecule has 0 spiro atoms. The molecular formula is C17H16BrClN2O3S. The van der Waals surface area contributed by atoms with E-state index in [4.69, 9.17) is 11.6 Å². The molecule has 1 N–H and O–H groups in total. The lowest BCUT2D eigenvalue weighted by molar-refractivity contribution is 0.0794. The number of nitrogens with zero attached hydrogens (tertiary/aromatic N) is 1. The minimum atomic E-state index is -3.83. The zero-order valence-corrected chi connectivity index (χ0v) is 16.4. The zero-order chi connectivity index (χ0) is 18.0. The van der Waals surface area contributed by atoms with Crippen LogP contribution in [0.1, 0.15) is 23.2 Å². The number of amides is 1. The molecule has 25 heavy (non-hydrogen) atoms. The van der Waals surface area contributed by atoms with Crippen LogP contribution in [0.2, 0.25) is 5.02 Å². The Morgan fingerprint density at radius 1 is 1.08 bits per heavy atom. The van der Waals surface area contributed by atoms with E-state index < -0.39 is 10.0 Å². The van der Waals surface area contributed by atoms with Gasteiger partial charge < -0.3 is 4.90 Å². The molecule has 2 aromatic rings. The van der Waals surface area contributed by atoms with Crippen molar-refractivity contribution in [3.8, 4) is 0 Å². The monoisotopic (exact) mass is 442 g/mol. The van der Waals surface area contributed by atoms with Crippen molar-refractivity contribution in [3.05, 3.63) is 57.5 Å². The van der Waals surface area contributed by atoms with Crippen molar-refractivity contribution in [2.24, 2.45) is 0 Å². The molecule has 0 bridgehead atoms. The Morgan fingerprint density at radius 2 is 1.72 bits per heavy atom. The van der Waals surface area contributed by atoms with Crippen LogP contribution >= 0.6 is 27.5 Å². The van der Waals surface area contributed by atoms with Gasteiger partial charge in [0.25, 0.3) is 15.9 Å². The van der Waals surface area contributed by atoms with E-state index in [2.05, 4.69) is 20.7 Å². The molecule has 0 radical (unpaired) electrons. The van der Waals surface area contributed by atoms with Crippen LogP contribution in [0.3, 0.4) is 0 Å². The van der Waals surface area contributed by atoms with E-state index in [1.54, 1.807) is 29.2 Å². The normalized spacial score (nSPS) is 14.6. The van der Waals surface area contributed by atoms with Crippen LogP contribution in [0.4, 0.5) is 5.69 Å². The number of carbonyl (C=O) groups excluding carboxylic acids is 1. The lowest BCUT2D eigenvalue weighted by atomic mass is 10.1. The molecule has 1 saturated heterocycles. The molecule has 1 heterocycles. The van der Waals surface area contributed by atoms with Crippen LogP contribution in [0.15, 0.2) is 51.8 Å². The van der Waals surface area contributed by atoms with Crippen molar-refractivity contribution >= 4 is 49.1 Å². The van der Waals surface area contributed by atoms with Crippen LogP contribution in [0, 0.1) is 0 Å². The number of likely N-dealkylation sites (tertiary alicyclic amines) is 1. The second kappa shape index (κ2) is 7.35. The number of hydrogen-bond acceptors (Lipinski definition) is 3. The second-order valence-electron chi connectivity index (χ2n) is 5.75. The summed E-state index contributed by atoms with van der Waals surface area (Å²) >= 11 is 9.28. The van der Waals surface area contributed by atoms with Crippen molar-refractivity contribution in [3.63, 3.8) is 0 Å². The third kappa shape index (κ3) is 4.16. The van der Waals surface area contributed by atoms with Crippen LogP contribution in [-0.2, 0) is 10.0 Å². The summed E-state index contributed by atoms with van der Waals surface area (Å²) < 4.78 is 28.5. The molecule has 1 aliphatic rings. The average Bonchev–Trinajstić information content (AvgIpc) is 3.09. The molecule has 1 aliphatic heterocycles. The van der Waals surface area contributed by atoms with Crippen LogP contribution < -0.4 is 4.72 Å². The number of anilines is 1. The summed E-state index contributed by atoms with van der Waals surface area (Å²) in [6, 6.07) is 10.9. The van der Waals surface area contributed by atoms with Crippen molar-refractivity contribution < 1.29 is 13.2 Å². The largest absolute Gasteiger partial charge is 0.339 e. The molecular weight excluding hydrogens is 428 g/mol.